The van der Waals surface area contributed by atoms with Crippen LogP contribution < -0.4 is 5.32 Å². The van der Waals surface area contributed by atoms with Crippen LogP contribution in [0, 0.1) is 23.1 Å². The summed E-state index contributed by atoms with van der Waals surface area (Å²) in [4.78, 5) is 0. The third-order valence-electron chi connectivity index (χ3n) is 2.46. The van der Waals surface area contributed by atoms with Crippen LogP contribution in [0.3, 0.4) is 0 Å². The van der Waals surface area contributed by atoms with Gasteiger partial charge in [-0.3, -0.25) is 0 Å². The van der Waals surface area contributed by atoms with E-state index >= 15 is 0 Å². The molecule has 0 aliphatic rings. The third kappa shape index (κ3) is 3.85. The predicted octanol–water partition coefficient (Wildman–Crippen LogP) is 3.94. The van der Waals surface area contributed by atoms with E-state index in [2.05, 4.69) is 11.4 Å². The third-order valence-corrected chi connectivity index (χ3v) is 3.07. The molecule has 0 aromatic heterocycles. The average molecular weight is 275 g/mol. The first-order valence-electron chi connectivity index (χ1n) is 5.23. The van der Waals surface area contributed by atoms with Crippen molar-refractivity contribution in [1.82, 2.24) is 5.32 Å². The Balaban J connectivity index is 2.79. The van der Waals surface area contributed by atoms with Gasteiger partial charge in [0.2, 0.25) is 0 Å². The zero-order valence-electron chi connectivity index (χ0n) is 9.60. The molecule has 17 heavy (non-hydrogen) atoms. The monoisotopic (exact) mass is 274 g/mol. The predicted molar refractivity (Wildman–Crippen MR) is 67.6 cm³/mol. The van der Waals surface area contributed by atoms with Gasteiger partial charge in [-0.2, -0.15) is 5.26 Å². The first-order chi connectivity index (χ1) is 7.95. The summed E-state index contributed by atoms with van der Waals surface area (Å²) in [6, 6.07) is 4.69. The van der Waals surface area contributed by atoms with Gasteiger partial charge in [-0.1, -0.05) is 23.2 Å². The Morgan fingerprint density at radius 3 is 2.59 bits per heavy atom. The summed E-state index contributed by atoms with van der Waals surface area (Å²) >= 11 is 11.6. The Labute approximate surface area is 110 Å². The van der Waals surface area contributed by atoms with Crippen molar-refractivity contribution in [2.75, 3.05) is 6.54 Å². The number of nitriles is 1. The van der Waals surface area contributed by atoms with Crippen LogP contribution >= 0.6 is 23.2 Å². The minimum Gasteiger partial charge on any atom is -0.309 e. The molecule has 0 fully saturated rings. The van der Waals surface area contributed by atoms with Crippen LogP contribution in [0.1, 0.15) is 25.5 Å². The molecule has 0 amide bonds. The topological polar surface area (TPSA) is 35.8 Å². The van der Waals surface area contributed by atoms with Gasteiger partial charge in [0.25, 0.3) is 0 Å². The van der Waals surface area contributed by atoms with E-state index in [0.29, 0.717) is 17.1 Å². The summed E-state index contributed by atoms with van der Waals surface area (Å²) in [5.74, 6) is -0.596. The van der Waals surface area contributed by atoms with Gasteiger partial charge in [0.05, 0.1) is 17.0 Å². The molecule has 2 atom stereocenters. The summed E-state index contributed by atoms with van der Waals surface area (Å²) in [6.45, 7) is 4.20. The fourth-order valence-electron chi connectivity index (χ4n) is 1.38. The quantitative estimate of drug-likeness (QED) is 0.845. The number of rotatable bonds is 4. The molecule has 2 unspecified atom stereocenters. The molecule has 0 saturated carbocycles. The summed E-state index contributed by atoms with van der Waals surface area (Å²) in [7, 11) is 0. The number of halogens is 3. The van der Waals surface area contributed by atoms with Gasteiger partial charge >= 0.3 is 0 Å². The lowest BCUT2D eigenvalue weighted by Crippen LogP contribution is -2.24. The molecule has 0 bridgehead atoms. The van der Waals surface area contributed by atoms with Gasteiger partial charge < -0.3 is 5.32 Å². The van der Waals surface area contributed by atoms with E-state index in [0.717, 1.165) is 0 Å². The standard InChI is InChI=1S/C12H13Cl2FN2/c1-7(5-16)6-17-8(2)9-3-12(15)11(14)4-10(9)13/h3-4,7-8,17H,6H2,1-2H3. The number of nitrogens with one attached hydrogen (secondary N) is 1. The van der Waals surface area contributed by atoms with E-state index in [9.17, 15) is 4.39 Å². The largest absolute Gasteiger partial charge is 0.309 e. The van der Waals surface area contributed by atoms with Gasteiger partial charge in [-0.15, -0.1) is 0 Å². The van der Waals surface area contributed by atoms with Crippen LogP contribution in [0.15, 0.2) is 12.1 Å². The van der Waals surface area contributed by atoms with Crippen LogP contribution in [0.5, 0.6) is 0 Å². The van der Waals surface area contributed by atoms with Gasteiger partial charge in [0, 0.05) is 17.6 Å². The number of benzene rings is 1. The second kappa shape index (κ2) is 6.20. The lowest BCUT2D eigenvalue weighted by atomic mass is 10.1. The van der Waals surface area contributed by atoms with Gasteiger partial charge in [-0.05, 0) is 31.5 Å². The van der Waals surface area contributed by atoms with Crippen LogP contribution in [0.4, 0.5) is 4.39 Å². The molecule has 1 aromatic carbocycles. The molecule has 2 nitrogen and oxygen atoms in total. The first-order valence-corrected chi connectivity index (χ1v) is 5.98. The maximum atomic E-state index is 13.3. The van der Waals surface area contributed by atoms with E-state index in [1.807, 2.05) is 13.8 Å². The number of hydrogen-bond donors (Lipinski definition) is 1. The van der Waals surface area contributed by atoms with Crippen molar-refractivity contribution in [3.05, 3.63) is 33.6 Å². The van der Waals surface area contributed by atoms with E-state index in [4.69, 9.17) is 28.5 Å². The van der Waals surface area contributed by atoms with Crippen LogP contribution in [0.25, 0.3) is 0 Å². The molecular weight excluding hydrogens is 262 g/mol. The van der Waals surface area contributed by atoms with Gasteiger partial charge in [-0.25, -0.2) is 4.39 Å². The molecule has 0 radical (unpaired) electrons. The Bertz CT molecular complexity index is 443. The smallest absolute Gasteiger partial charge is 0.142 e. The second-order valence-corrected chi connectivity index (χ2v) is 4.76. The molecule has 0 aliphatic heterocycles. The van der Waals surface area contributed by atoms with Crippen molar-refractivity contribution in [1.29, 1.82) is 5.26 Å². The molecule has 1 rings (SSSR count). The molecule has 1 N–H and O–H groups in total. The van der Waals surface area contributed by atoms with Crippen molar-refractivity contribution >= 4 is 23.2 Å². The molecule has 0 spiro atoms. The van der Waals surface area contributed by atoms with Crippen molar-refractivity contribution in [3.63, 3.8) is 0 Å². The Kier molecular flexibility index (Phi) is 5.20. The summed E-state index contributed by atoms with van der Waals surface area (Å²) < 4.78 is 13.3. The van der Waals surface area contributed by atoms with Crippen molar-refractivity contribution in [2.24, 2.45) is 5.92 Å². The fourth-order valence-corrected chi connectivity index (χ4v) is 1.93. The normalized spacial score (nSPS) is 14.1. The second-order valence-electron chi connectivity index (χ2n) is 3.95. The zero-order chi connectivity index (χ0) is 13.0. The van der Waals surface area contributed by atoms with Crippen LogP contribution in [0.2, 0.25) is 10.0 Å². The summed E-state index contributed by atoms with van der Waals surface area (Å²) in [5, 5.41) is 12.2. The van der Waals surface area contributed by atoms with Gasteiger partial charge in [0.1, 0.15) is 5.82 Å². The SMILES string of the molecule is CC(C#N)CNC(C)c1cc(F)c(Cl)cc1Cl. The van der Waals surface area contributed by atoms with Crippen molar-refractivity contribution in [3.8, 4) is 6.07 Å². The number of hydrogen-bond acceptors (Lipinski definition) is 2. The lowest BCUT2D eigenvalue weighted by molar-refractivity contribution is 0.524. The van der Waals surface area contributed by atoms with E-state index < -0.39 is 5.82 Å². The van der Waals surface area contributed by atoms with Gasteiger partial charge in [0.15, 0.2) is 0 Å². The molecular formula is C12H13Cl2FN2. The summed E-state index contributed by atoms with van der Waals surface area (Å²) in [6.07, 6.45) is 0. The summed E-state index contributed by atoms with van der Waals surface area (Å²) in [5.41, 5.74) is 0.638. The maximum absolute atomic E-state index is 13.3. The first kappa shape index (κ1) is 14.2. The molecule has 0 saturated heterocycles. The lowest BCUT2D eigenvalue weighted by Gasteiger charge is -2.16. The highest BCUT2D eigenvalue weighted by molar-refractivity contribution is 6.35. The minimum atomic E-state index is -0.493. The maximum Gasteiger partial charge on any atom is 0.142 e. The van der Waals surface area contributed by atoms with Crippen molar-refractivity contribution in [2.45, 2.75) is 19.9 Å². The van der Waals surface area contributed by atoms with E-state index in [-0.39, 0.29) is 17.0 Å². The molecule has 0 heterocycles. The zero-order valence-corrected chi connectivity index (χ0v) is 11.1. The Hall–Kier alpha value is -0.820. The molecule has 0 aliphatic carbocycles. The fraction of sp³-hybridized carbons (Fsp3) is 0.417. The van der Waals surface area contributed by atoms with Crippen LogP contribution in [-0.4, -0.2) is 6.54 Å². The van der Waals surface area contributed by atoms with Crippen molar-refractivity contribution < 1.29 is 4.39 Å². The highest BCUT2D eigenvalue weighted by Crippen LogP contribution is 2.28. The molecule has 5 heteroatoms. The Morgan fingerprint density at radius 1 is 1.35 bits per heavy atom. The minimum absolute atomic E-state index is 0.0105. The number of nitrogens with zero attached hydrogens (tertiary/aromatic N) is 1. The average Bonchev–Trinajstić information content (AvgIpc) is 2.30. The molecule has 1 aromatic rings. The van der Waals surface area contributed by atoms with Crippen LogP contribution in [-0.2, 0) is 0 Å². The highest BCUT2D eigenvalue weighted by atomic mass is 35.5. The van der Waals surface area contributed by atoms with E-state index in [1.165, 1.54) is 12.1 Å². The highest BCUT2D eigenvalue weighted by Gasteiger charge is 2.13. The molecule has 92 valence electrons. The van der Waals surface area contributed by atoms with E-state index in [1.54, 1.807) is 0 Å². The Morgan fingerprint density at radius 2 is 2.00 bits per heavy atom.